The van der Waals surface area contributed by atoms with Crippen molar-refractivity contribution in [1.29, 1.82) is 0 Å². The highest BCUT2D eigenvalue weighted by molar-refractivity contribution is 5.24. The van der Waals surface area contributed by atoms with Gasteiger partial charge in [0.05, 0.1) is 17.6 Å². The third-order valence-corrected chi connectivity index (χ3v) is 2.46. The average Bonchev–Trinajstić information content (AvgIpc) is 2.70. The zero-order valence-corrected chi connectivity index (χ0v) is 9.23. The van der Waals surface area contributed by atoms with Crippen LogP contribution in [0, 0.1) is 13.8 Å². The summed E-state index contributed by atoms with van der Waals surface area (Å²) in [5.74, 6) is 1.85. The molecule has 15 heavy (non-hydrogen) atoms. The molecule has 0 saturated carbocycles. The van der Waals surface area contributed by atoms with Gasteiger partial charge in [0, 0.05) is 18.8 Å². The van der Waals surface area contributed by atoms with Crippen LogP contribution in [0.5, 0.6) is 0 Å². The lowest BCUT2D eigenvalue weighted by Gasteiger charge is -2.06. The SMILES string of the molecule is CCc1nccn1-c1cnc(C)c(C)n1. The van der Waals surface area contributed by atoms with Gasteiger partial charge in [-0.15, -0.1) is 0 Å². The molecular formula is C11H14N4. The lowest BCUT2D eigenvalue weighted by atomic mass is 10.3. The molecule has 0 atom stereocenters. The highest BCUT2D eigenvalue weighted by Gasteiger charge is 2.05. The van der Waals surface area contributed by atoms with Gasteiger partial charge in [0.1, 0.15) is 5.82 Å². The molecule has 0 aliphatic rings. The molecule has 0 spiro atoms. The number of nitrogens with zero attached hydrogens (tertiary/aromatic N) is 4. The fourth-order valence-corrected chi connectivity index (χ4v) is 1.45. The summed E-state index contributed by atoms with van der Waals surface area (Å²) in [5, 5.41) is 0. The first-order chi connectivity index (χ1) is 7.22. The van der Waals surface area contributed by atoms with Crippen LogP contribution in [-0.4, -0.2) is 19.5 Å². The quantitative estimate of drug-likeness (QED) is 0.746. The van der Waals surface area contributed by atoms with Crippen LogP contribution in [0.1, 0.15) is 24.1 Å². The van der Waals surface area contributed by atoms with E-state index in [1.54, 1.807) is 12.4 Å². The van der Waals surface area contributed by atoms with Gasteiger partial charge in [-0.1, -0.05) is 6.92 Å². The van der Waals surface area contributed by atoms with Gasteiger partial charge >= 0.3 is 0 Å². The van der Waals surface area contributed by atoms with E-state index in [9.17, 15) is 0 Å². The summed E-state index contributed by atoms with van der Waals surface area (Å²) >= 11 is 0. The summed E-state index contributed by atoms with van der Waals surface area (Å²) in [6, 6.07) is 0. The minimum absolute atomic E-state index is 0.840. The molecule has 2 heterocycles. The normalized spacial score (nSPS) is 10.6. The summed E-state index contributed by atoms with van der Waals surface area (Å²) in [4.78, 5) is 13.0. The van der Waals surface area contributed by atoms with Crippen molar-refractivity contribution in [3.63, 3.8) is 0 Å². The molecule has 2 aromatic heterocycles. The molecule has 2 aromatic rings. The maximum atomic E-state index is 4.48. The summed E-state index contributed by atoms with van der Waals surface area (Å²) < 4.78 is 1.97. The Balaban J connectivity index is 2.50. The molecule has 78 valence electrons. The van der Waals surface area contributed by atoms with Crippen molar-refractivity contribution in [3.8, 4) is 5.82 Å². The highest BCUT2D eigenvalue weighted by atomic mass is 15.1. The molecule has 4 heteroatoms. The van der Waals surface area contributed by atoms with Crippen LogP contribution in [0.2, 0.25) is 0 Å². The van der Waals surface area contributed by atoms with Crippen LogP contribution in [0.3, 0.4) is 0 Å². The monoisotopic (exact) mass is 202 g/mol. The zero-order valence-electron chi connectivity index (χ0n) is 9.23. The zero-order chi connectivity index (χ0) is 10.8. The second-order valence-corrected chi connectivity index (χ2v) is 3.47. The maximum Gasteiger partial charge on any atom is 0.156 e. The molecule has 0 amide bonds. The molecule has 4 nitrogen and oxygen atoms in total. The van der Waals surface area contributed by atoms with Crippen molar-refractivity contribution >= 4 is 0 Å². The van der Waals surface area contributed by atoms with Crippen molar-refractivity contribution in [3.05, 3.63) is 35.8 Å². The van der Waals surface area contributed by atoms with Crippen molar-refractivity contribution < 1.29 is 0 Å². The topological polar surface area (TPSA) is 43.6 Å². The van der Waals surface area contributed by atoms with Gasteiger partial charge in [0.15, 0.2) is 5.82 Å². The number of aryl methyl sites for hydroxylation is 3. The third kappa shape index (κ3) is 1.75. The molecule has 0 saturated heterocycles. The molecule has 2 rings (SSSR count). The van der Waals surface area contributed by atoms with E-state index in [0.717, 1.165) is 29.5 Å². The molecule has 0 unspecified atom stereocenters. The van der Waals surface area contributed by atoms with Crippen LogP contribution in [-0.2, 0) is 6.42 Å². The molecule has 0 aliphatic carbocycles. The Morgan fingerprint density at radius 2 is 2.00 bits per heavy atom. The van der Waals surface area contributed by atoms with E-state index in [0.29, 0.717) is 0 Å². The van der Waals surface area contributed by atoms with E-state index in [2.05, 4.69) is 21.9 Å². The van der Waals surface area contributed by atoms with Gasteiger partial charge in [0.2, 0.25) is 0 Å². The third-order valence-electron chi connectivity index (χ3n) is 2.46. The molecular weight excluding hydrogens is 188 g/mol. The highest BCUT2D eigenvalue weighted by Crippen LogP contribution is 2.09. The van der Waals surface area contributed by atoms with Gasteiger partial charge in [-0.2, -0.15) is 0 Å². The van der Waals surface area contributed by atoms with Crippen LogP contribution < -0.4 is 0 Å². The van der Waals surface area contributed by atoms with E-state index >= 15 is 0 Å². The summed E-state index contributed by atoms with van der Waals surface area (Å²) in [6.07, 6.45) is 6.37. The lowest BCUT2D eigenvalue weighted by Crippen LogP contribution is -2.04. The average molecular weight is 202 g/mol. The van der Waals surface area contributed by atoms with E-state index in [-0.39, 0.29) is 0 Å². The Morgan fingerprint density at radius 3 is 2.67 bits per heavy atom. The van der Waals surface area contributed by atoms with Crippen LogP contribution in [0.25, 0.3) is 5.82 Å². The minimum atomic E-state index is 0.840. The van der Waals surface area contributed by atoms with Crippen molar-refractivity contribution in [2.45, 2.75) is 27.2 Å². The van der Waals surface area contributed by atoms with Crippen molar-refractivity contribution in [2.75, 3.05) is 0 Å². The fraction of sp³-hybridized carbons (Fsp3) is 0.364. The molecule has 0 bridgehead atoms. The Kier molecular flexibility index (Phi) is 2.49. The first kappa shape index (κ1) is 9.83. The largest absolute Gasteiger partial charge is 0.287 e. The second kappa shape index (κ2) is 3.81. The molecule has 0 N–H and O–H groups in total. The molecule has 0 fully saturated rings. The number of hydrogen-bond acceptors (Lipinski definition) is 3. The summed E-state index contributed by atoms with van der Waals surface area (Å²) in [6.45, 7) is 6.00. The van der Waals surface area contributed by atoms with E-state index in [1.165, 1.54) is 0 Å². The van der Waals surface area contributed by atoms with Crippen molar-refractivity contribution in [1.82, 2.24) is 19.5 Å². The molecule has 0 aliphatic heterocycles. The predicted molar refractivity (Wildman–Crippen MR) is 58.0 cm³/mol. The van der Waals surface area contributed by atoms with Crippen LogP contribution in [0.4, 0.5) is 0 Å². The number of aromatic nitrogens is 4. The Morgan fingerprint density at radius 1 is 1.20 bits per heavy atom. The minimum Gasteiger partial charge on any atom is -0.287 e. The predicted octanol–water partition coefficient (Wildman–Crippen LogP) is 1.84. The Hall–Kier alpha value is -1.71. The van der Waals surface area contributed by atoms with E-state index < -0.39 is 0 Å². The first-order valence-corrected chi connectivity index (χ1v) is 5.05. The summed E-state index contributed by atoms with van der Waals surface area (Å²) in [5.41, 5.74) is 1.93. The van der Waals surface area contributed by atoms with Crippen LogP contribution >= 0.6 is 0 Å². The lowest BCUT2D eigenvalue weighted by molar-refractivity contribution is 0.847. The Labute approximate surface area is 89.0 Å². The van der Waals surface area contributed by atoms with Gasteiger partial charge in [-0.05, 0) is 13.8 Å². The standard InChI is InChI=1S/C11H14N4/c1-4-10-12-5-6-15(10)11-7-13-8(2)9(3)14-11/h5-7H,4H2,1-3H3. The molecule has 0 aromatic carbocycles. The fourth-order valence-electron chi connectivity index (χ4n) is 1.45. The van der Waals surface area contributed by atoms with Gasteiger partial charge in [-0.25, -0.2) is 9.97 Å². The Bertz CT molecular complexity index is 473. The van der Waals surface area contributed by atoms with Crippen LogP contribution in [0.15, 0.2) is 18.6 Å². The van der Waals surface area contributed by atoms with Gasteiger partial charge in [-0.3, -0.25) is 9.55 Å². The van der Waals surface area contributed by atoms with Crippen molar-refractivity contribution in [2.24, 2.45) is 0 Å². The van der Waals surface area contributed by atoms with Gasteiger partial charge in [0.25, 0.3) is 0 Å². The van der Waals surface area contributed by atoms with E-state index in [1.807, 2.05) is 24.6 Å². The first-order valence-electron chi connectivity index (χ1n) is 5.05. The number of hydrogen-bond donors (Lipinski definition) is 0. The molecule has 0 radical (unpaired) electrons. The number of imidazole rings is 1. The van der Waals surface area contributed by atoms with Gasteiger partial charge < -0.3 is 0 Å². The maximum absolute atomic E-state index is 4.48. The smallest absolute Gasteiger partial charge is 0.156 e. The second-order valence-electron chi connectivity index (χ2n) is 3.47. The summed E-state index contributed by atoms with van der Waals surface area (Å²) in [7, 11) is 0. The number of rotatable bonds is 2. The van der Waals surface area contributed by atoms with E-state index in [4.69, 9.17) is 0 Å².